The molecule has 1 aliphatic heterocycles. The van der Waals surface area contributed by atoms with E-state index in [-0.39, 0.29) is 5.91 Å². The normalized spacial score (nSPS) is 15.6. The van der Waals surface area contributed by atoms with Crippen LogP contribution in [0.1, 0.15) is 19.3 Å². The first-order valence-corrected chi connectivity index (χ1v) is 9.17. The van der Waals surface area contributed by atoms with E-state index in [1.165, 1.54) is 11.3 Å². The monoisotopic (exact) mass is 369 g/mol. The first kappa shape index (κ1) is 16.7. The van der Waals surface area contributed by atoms with Crippen molar-refractivity contribution in [2.75, 3.05) is 18.4 Å². The molecular weight excluding hydrogens is 353 g/mol. The zero-order valence-corrected chi connectivity index (χ0v) is 14.8. The van der Waals surface area contributed by atoms with Gasteiger partial charge in [0.1, 0.15) is 10.8 Å². The molecular formula is C16H17Cl2N3OS. The van der Waals surface area contributed by atoms with Crippen molar-refractivity contribution in [3.05, 3.63) is 33.6 Å². The van der Waals surface area contributed by atoms with E-state index >= 15 is 0 Å². The Hall–Kier alpha value is -1.14. The van der Waals surface area contributed by atoms with Crippen LogP contribution in [0, 0.1) is 5.92 Å². The number of nitrogens with zero attached hydrogens (tertiary/aromatic N) is 1. The number of carbonyl (C=O) groups is 1. The number of nitrogens with one attached hydrogen (secondary N) is 2. The molecule has 0 radical (unpaired) electrons. The summed E-state index contributed by atoms with van der Waals surface area (Å²) in [5.41, 5.74) is 0.892. The molecule has 4 nitrogen and oxygen atoms in total. The van der Waals surface area contributed by atoms with Gasteiger partial charge in [0.25, 0.3) is 0 Å². The number of aromatic nitrogens is 1. The van der Waals surface area contributed by atoms with Crippen LogP contribution in [0.3, 0.4) is 0 Å². The number of thiazole rings is 1. The highest BCUT2D eigenvalue weighted by atomic mass is 35.5. The number of carbonyl (C=O) groups excluding carboxylic acids is 1. The molecule has 1 amide bonds. The van der Waals surface area contributed by atoms with Crippen LogP contribution in [-0.2, 0) is 4.79 Å². The fourth-order valence-corrected chi connectivity index (χ4v) is 3.68. The molecule has 2 aromatic rings. The summed E-state index contributed by atoms with van der Waals surface area (Å²) in [6.45, 7) is 1.99. The molecule has 1 saturated heterocycles. The van der Waals surface area contributed by atoms with Crippen molar-refractivity contribution in [3.8, 4) is 10.6 Å². The van der Waals surface area contributed by atoms with Crippen LogP contribution in [-0.4, -0.2) is 24.0 Å². The third-order valence-electron chi connectivity index (χ3n) is 3.87. The highest BCUT2D eigenvalue weighted by molar-refractivity contribution is 7.13. The summed E-state index contributed by atoms with van der Waals surface area (Å²) >= 11 is 13.4. The van der Waals surface area contributed by atoms with Gasteiger partial charge in [-0.05, 0) is 44.0 Å². The molecule has 23 heavy (non-hydrogen) atoms. The summed E-state index contributed by atoms with van der Waals surface area (Å²) in [6.07, 6.45) is 2.67. The van der Waals surface area contributed by atoms with Crippen molar-refractivity contribution >= 4 is 46.3 Å². The van der Waals surface area contributed by atoms with E-state index in [0.29, 0.717) is 28.2 Å². The Balaban J connectivity index is 1.62. The number of rotatable bonds is 4. The molecule has 3 rings (SSSR count). The lowest BCUT2D eigenvalue weighted by Gasteiger charge is -2.21. The fraction of sp³-hybridized carbons (Fsp3) is 0.375. The molecule has 0 saturated carbocycles. The number of piperidine rings is 1. The van der Waals surface area contributed by atoms with Crippen LogP contribution in [0.2, 0.25) is 10.0 Å². The second kappa shape index (κ2) is 7.62. The lowest BCUT2D eigenvalue weighted by atomic mass is 9.94. The predicted octanol–water partition coefficient (Wildman–Crippen LogP) is 4.45. The van der Waals surface area contributed by atoms with Crippen molar-refractivity contribution in [1.29, 1.82) is 0 Å². The van der Waals surface area contributed by atoms with Gasteiger partial charge >= 0.3 is 0 Å². The largest absolute Gasteiger partial charge is 0.317 e. The third kappa shape index (κ3) is 4.44. The van der Waals surface area contributed by atoms with Gasteiger partial charge in [-0.15, -0.1) is 11.3 Å². The van der Waals surface area contributed by atoms with Gasteiger partial charge in [0.15, 0.2) is 0 Å². The van der Waals surface area contributed by atoms with E-state index in [4.69, 9.17) is 23.2 Å². The highest BCUT2D eigenvalue weighted by Gasteiger charge is 2.17. The van der Waals surface area contributed by atoms with E-state index in [9.17, 15) is 4.79 Å². The van der Waals surface area contributed by atoms with Crippen LogP contribution in [0.25, 0.3) is 10.6 Å². The summed E-state index contributed by atoms with van der Waals surface area (Å²) in [5.74, 6) is 1.09. The SMILES string of the molecule is O=C(CC1CCNCC1)Nc1csc(-c2ccc(Cl)c(Cl)c2)n1. The van der Waals surface area contributed by atoms with E-state index in [1.54, 1.807) is 12.1 Å². The minimum absolute atomic E-state index is 0.0305. The molecule has 1 aliphatic rings. The minimum atomic E-state index is 0.0305. The first-order chi connectivity index (χ1) is 11.1. The number of hydrogen-bond donors (Lipinski definition) is 2. The Bertz CT molecular complexity index is 698. The van der Waals surface area contributed by atoms with E-state index in [2.05, 4.69) is 15.6 Å². The van der Waals surface area contributed by atoms with Crippen LogP contribution >= 0.6 is 34.5 Å². The average Bonchev–Trinajstić information content (AvgIpc) is 2.99. The molecule has 0 unspecified atom stereocenters. The minimum Gasteiger partial charge on any atom is -0.317 e. The molecule has 0 atom stereocenters. The molecule has 0 aliphatic carbocycles. The van der Waals surface area contributed by atoms with Gasteiger partial charge in [-0.3, -0.25) is 4.79 Å². The zero-order chi connectivity index (χ0) is 16.2. The van der Waals surface area contributed by atoms with E-state index in [1.807, 2.05) is 11.4 Å². The molecule has 0 spiro atoms. The molecule has 2 N–H and O–H groups in total. The van der Waals surface area contributed by atoms with Gasteiger partial charge in [-0.2, -0.15) is 0 Å². The topological polar surface area (TPSA) is 54.0 Å². The van der Waals surface area contributed by atoms with E-state index in [0.717, 1.165) is 36.5 Å². The first-order valence-electron chi connectivity index (χ1n) is 7.53. The maximum Gasteiger partial charge on any atom is 0.225 e. The molecule has 122 valence electrons. The summed E-state index contributed by atoms with van der Waals surface area (Å²) in [5, 5.41) is 9.86. The quantitative estimate of drug-likeness (QED) is 0.836. The standard InChI is InChI=1S/C16H17Cl2N3OS/c17-12-2-1-11(8-13(12)18)16-21-14(9-23-16)20-15(22)7-10-3-5-19-6-4-10/h1-2,8-10,19H,3-7H2,(H,20,22). The molecule has 1 aromatic heterocycles. The Morgan fingerprint density at radius 3 is 2.83 bits per heavy atom. The van der Waals surface area contributed by atoms with Crippen molar-refractivity contribution < 1.29 is 4.79 Å². The Morgan fingerprint density at radius 2 is 2.09 bits per heavy atom. The number of halogens is 2. The molecule has 1 fully saturated rings. The third-order valence-corrected chi connectivity index (χ3v) is 5.50. The Kier molecular flexibility index (Phi) is 5.54. The fourth-order valence-electron chi connectivity index (χ4n) is 2.63. The predicted molar refractivity (Wildman–Crippen MR) is 96.4 cm³/mol. The summed E-state index contributed by atoms with van der Waals surface area (Å²) in [7, 11) is 0. The summed E-state index contributed by atoms with van der Waals surface area (Å²) < 4.78 is 0. The zero-order valence-electron chi connectivity index (χ0n) is 12.4. The Labute approximate surface area is 149 Å². The van der Waals surface area contributed by atoms with Gasteiger partial charge in [0.05, 0.1) is 10.0 Å². The van der Waals surface area contributed by atoms with Crippen molar-refractivity contribution in [3.63, 3.8) is 0 Å². The summed E-state index contributed by atoms with van der Waals surface area (Å²) in [4.78, 5) is 16.6. The smallest absolute Gasteiger partial charge is 0.225 e. The lowest BCUT2D eigenvalue weighted by Crippen LogP contribution is -2.30. The average molecular weight is 370 g/mol. The van der Waals surface area contributed by atoms with Gasteiger partial charge in [-0.1, -0.05) is 29.3 Å². The Morgan fingerprint density at radius 1 is 1.30 bits per heavy atom. The van der Waals surface area contributed by atoms with E-state index < -0.39 is 0 Å². The van der Waals surface area contributed by atoms with Crippen LogP contribution < -0.4 is 10.6 Å². The highest BCUT2D eigenvalue weighted by Crippen LogP contribution is 2.31. The number of benzene rings is 1. The van der Waals surface area contributed by atoms with Crippen LogP contribution in [0.5, 0.6) is 0 Å². The number of hydrogen-bond acceptors (Lipinski definition) is 4. The van der Waals surface area contributed by atoms with Crippen LogP contribution in [0.4, 0.5) is 5.82 Å². The summed E-state index contributed by atoms with van der Waals surface area (Å²) in [6, 6.07) is 5.40. The molecule has 2 heterocycles. The second-order valence-electron chi connectivity index (χ2n) is 5.61. The van der Waals surface area contributed by atoms with Crippen LogP contribution in [0.15, 0.2) is 23.6 Å². The van der Waals surface area contributed by atoms with Gasteiger partial charge in [0, 0.05) is 17.4 Å². The van der Waals surface area contributed by atoms with Gasteiger partial charge < -0.3 is 10.6 Å². The number of amides is 1. The molecule has 0 bridgehead atoms. The van der Waals surface area contributed by atoms with Gasteiger partial charge in [0.2, 0.25) is 5.91 Å². The number of anilines is 1. The van der Waals surface area contributed by atoms with Crippen molar-refractivity contribution in [2.24, 2.45) is 5.92 Å². The van der Waals surface area contributed by atoms with Gasteiger partial charge in [-0.25, -0.2) is 4.98 Å². The van der Waals surface area contributed by atoms with Crippen molar-refractivity contribution in [2.45, 2.75) is 19.3 Å². The lowest BCUT2D eigenvalue weighted by molar-refractivity contribution is -0.117. The maximum absolute atomic E-state index is 12.1. The molecule has 7 heteroatoms. The van der Waals surface area contributed by atoms with Crippen molar-refractivity contribution in [1.82, 2.24) is 10.3 Å². The second-order valence-corrected chi connectivity index (χ2v) is 7.28. The molecule has 1 aromatic carbocycles. The maximum atomic E-state index is 12.1.